The summed E-state index contributed by atoms with van der Waals surface area (Å²) in [6.07, 6.45) is -0.725. The van der Waals surface area contributed by atoms with Crippen LogP contribution >= 0.6 is 12.6 Å². The van der Waals surface area contributed by atoms with Crippen molar-refractivity contribution < 1.29 is 29.9 Å². The molecular weight excluding hydrogens is 284 g/mol. The lowest BCUT2D eigenvalue weighted by atomic mass is 9.99. The quantitative estimate of drug-likeness (QED) is 0.296. The minimum absolute atomic E-state index is 0.406. The molecule has 1 saturated heterocycles. The van der Waals surface area contributed by atoms with Crippen LogP contribution in [-0.4, -0.2) is 70.1 Å². The van der Waals surface area contributed by atoms with Crippen LogP contribution in [0, 0.1) is 0 Å². The highest BCUT2D eigenvalue weighted by molar-refractivity contribution is 7.80. The Bertz CT molecular complexity index is 253. The highest BCUT2D eigenvalue weighted by atomic mass is 32.1. The monoisotopic (exact) mass is 310 g/mol. The topological polar surface area (TPSA) is 99.4 Å². The van der Waals surface area contributed by atoms with Crippen LogP contribution in [0.25, 0.3) is 0 Å². The van der Waals surface area contributed by atoms with Gasteiger partial charge in [0, 0.05) is 6.61 Å². The molecule has 0 spiro atoms. The van der Waals surface area contributed by atoms with Crippen LogP contribution in [0.3, 0.4) is 0 Å². The van der Waals surface area contributed by atoms with Gasteiger partial charge in [-0.3, -0.25) is 0 Å². The van der Waals surface area contributed by atoms with Crippen LogP contribution in [-0.2, 0) is 9.47 Å². The number of aliphatic hydroxyl groups excluding tert-OH is 4. The fourth-order valence-corrected chi connectivity index (χ4v) is 2.37. The summed E-state index contributed by atoms with van der Waals surface area (Å²) >= 11 is 4.14. The Balaban J connectivity index is 2.21. The summed E-state index contributed by atoms with van der Waals surface area (Å²) in [5, 5.41) is 38.0. The highest BCUT2D eigenvalue weighted by Gasteiger charge is 2.43. The highest BCUT2D eigenvalue weighted by Crippen LogP contribution is 2.22. The summed E-state index contributed by atoms with van der Waals surface area (Å²) in [4.78, 5) is 0. The van der Waals surface area contributed by atoms with Gasteiger partial charge < -0.3 is 29.9 Å². The summed E-state index contributed by atoms with van der Waals surface area (Å²) in [5.74, 6) is 0.904. The lowest BCUT2D eigenvalue weighted by Gasteiger charge is -2.39. The van der Waals surface area contributed by atoms with Gasteiger partial charge in [-0.1, -0.05) is 19.3 Å². The van der Waals surface area contributed by atoms with Crippen molar-refractivity contribution in [3.63, 3.8) is 0 Å². The van der Waals surface area contributed by atoms with E-state index in [4.69, 9.17) is 14.6 Å². The van der Waals surface area contributed by atoms with Gasteiger partial charge in [-0.2, -0.15) is 12.6 Å². The molecule has 2 unspecified atom stereocenters. The van der Waals surface area contributed by atoms with Crippen molar-refractivity contribution in [1.82, 2.24) is 0 Å². The van der Waals surface area contributed by atoms with E-state index in [2.05, 4.69) is 12.6 Å². The van der Waals surface area contributed by atoms with Gasteiger partial charge in [-0.05, 0) is 18.6 Å². The van der Waals surface area contributed by atoms with Crippen molar-refractivity contribution in [3.8, 4) is 0 Å². The molecule has 6 nitrogen and oxygen atoms in total. The Hall–Kier alpha value is 0.110. The Morgan fingerprint density at radius 3 is 2.20 bits per heavy atom. The Labute approximate surface area is 125 Å². The summed E-state index contributed by atoms with van der Waals surface area (Å²) in [7, 11) is 0. The molecule has 1 aliphatic rings. The number of hydrogen-bond acceptors (Lipinski definition) is 7. The third-order valence-corrected chi connectivity index (χ3v) is 3.75. The Morgan fingerprint density at radius 2 is 1.55 bits per heavy atom. The van der Waals surface area contributed by atoms with Crippen LogP contribution < -0.4 is 0 Å². The van der Waals surface area contributed by atoms with Gasteiger partial charge in [-0.15, -0.1) is 0 Å². The van der Waals surface area contributed by atoms with E-state index in [9.17, 15) is 15.3 Å². The van der Waals surface area contributed by atoms with E-state index in [1.165, 1.54) is 0 Å². The molecule has 0 amide bonds. The second-order valence-electron chi connectivity index (χ2n) is 5.06. The number of aliphatic hydroxyl groups is 4. The lowest BCUT2D eigenvalue weighted by molar-refractivity contribution is -0.301. The van der Waals surface area contributed by atoms with Gasteiger partial charge in [0.2, 0.25) is 0 Å². The first kappa shape index (κ1) is 18.2. The molecule has 0 aromatic heterocycles. The van der Waals surface area contributed by atoms with Crippen LogP contribution in [0.4, 0.5) is 0 Å². The smallest absolute Gasteiger partial charge is 0.186 e. The van der Waals surface area contributed by atoms with E-state index in [-0.39, 0.29) is 0 Å². The van der Waals surface area contributed by atoms with Crippen molar-refractivity contribution in [1.29, 1.82) is 0 Å². The van der Waals surface area contributed by atoms with Crippen molar-refractivity contribution in [2.45, 2.75) is 62.8 Å². The molecule has 7 heteroatoms. The molecule has 0 bridgehead atoms. The van der Waals surface area contributed by atoms with Gasteiger partial charge >= 0.3 is 0 Å². The third kappa shape index (κ3) is 5.48. The van der Waals surface area contributed by atoms with Gasteiger partial charge in [-0.25, -0.2) is 0 Å². The molecule has 0 aromatic rings. The number of thiol groups is 1. The molecule has 0 saturated carbocycles. The first-order valence-electron chi connectivity index (χ1n) is 7.14. The molecule has 120 valence electrons. The van der Waals surface area contributed by atoms with Crippen molar-refractivity contribution >= 4 is 12.6 Å². The molecule has 0 aromatic carbocycles. The predicted molar refractivity (Wildman–Crippen MR) is 76.7 cm³/mol. The molecule has 0 aliphatic carbocycles. The van der Waals surface area contributed by atoms with E-state index in [0.29, 0.717) is 6.61 Å². The second-order valence-corrected chi connectivity index (χ2v) is 5.51. The zero-order chi connectivity index (χ0) is 15.0. The summed E-state index contributed by atoms with van der Waals surface area (Å²) in [6, 6.07) is 0. The summed E-state index contributed by atoms with van der Waals surface area (Å²) in [6.45, 7) is -0.0297. The van der Waals surface area contributed by atoms with E-state index >= 15 is 0 Å². The fourth-order valence-electron chi connectivity index (χ4n) is 2.15. The molecule has 5 atom stereocenters. The average Bonchev–Trinajstić information content (AvgIpc) is 2.46. The molecule has 1 aliphatic heterocycles. The zero-order valence-electron chi connectivity index (χ0n) is 11.6. The normalized spacial score (nSPS) is 34.4. The van der Waals surface area contributed by atoms with E-state index in [1.807, 2.05) is 0 Å². The minimum atomic E-state index is -1.37. The first-order chi connectivity index (χ1) is 9.61. The van der Waals surface area contributed by atoms with E-state index < -0.39 is 37.3 Å². The molecule has 1 fully saturated rings. The van der Waals surface area contributed by atoms with Crippen molar-refractivity contribution in [3.05, 3.63) is 0 Å². The minimum Gasteiger partial charge on any atom is -0.394 e. The van der Waals surface area contributed by atoms with Crippen LogP contribution in [0.1, 0.15) is 32.1 Å². The maximum Gasteiger partial charge on any atom is 0.186 e. The maximum absolute atomic E-state index is 9.74. The Kier molecular flexibility index (Phi) is 9.03. The summed E-state index contributed by atoms with van der Waals surface area (Å²) in [5.41, 5.74) is 0. The van der Waals surface area contributed by atoms with Gasteiger partial charge in [0.15, 0.2) is 6.29 Å². The van der Waals surface area contributed by atoms with Crippen molar-refractivity contribution in [2.75, 3.05) is 19.0 Å². The number of ether oxygens (including phenoxy) is 2. The van der Waals surface area contributed by atoms with Gasteiger partial charge in [0.25, 0.3) is 0 Å². The molecule has 1 heterocycles. The fraction of sp³-hybridized carbons (Fsp3) is 1.00. The van der Waals surface area contributed by atoms with Crippen LogP contribution in [0.5, 0.6) is 0 Å². The van der Waals surface area contributed by atoms with E-state index in [0.717, 1.165) is 37.9 Å². The van der Waals surface area contributed by atoms with Gasteiger partial charge in [0.1, 0.15) is 24.4 Å². The molecule has 0 radical (unpaired) electrons. The second kappa shape index (κ2) is 9.94. The number of hydrogen-bond donors (Lipinski definition) is 5. The van der Waals surface area contributed by atoms with Crippen molar-refractivity contribution in [2.24, 2.45) is 0 Å². The third-order valence-electron chi connectivity index (χ3n) is 3.43. The number of rotatable bonds is 9. The zero-order valence-corrected chi connectivity index (χ0v) is 12.5. The first-order valence-corrected chi connectivity index (χ1v) is 7.78. The van der Waals surface area contributed by atoms with Crippen LogP contribution in [0.15, 0.2) is 0 Å². The van der Waals surface area contributed by atoms with Gasteiger partial charge in [0.05, 0.1) is 6.61 Å². The Morgan fingerprint density at radius 1 is 0.900 bits per heavy atom. The standard InChI is InChI=1S/C13H26O6S/c14-8-9-10(15)11(16)12(17)13(19-9)18-6-4-2-1-3-5-7-20/h9-17,20H,1-8H2/t9?,10-,11-,12?,13-/m0/s1. The average molecular weight is 310 g/mol. The SMILES string of the molecule is OCC1O[C@H](OCCCCCCCS)C(O)[C@@H](O)[C@H]1O. The lowest BCUT2D eigenvalue weighted by Crippen LogP contribution is -2.59. The molecule has 4 N–H and O–H groups in total. The predicted octanol–water partition coefficient (Wildman–Crippen LogP) is -0.317. The molecular formula is C13H26O6S. The largest absolute Gasteiger partial charge is 0.394 e. The summed E-state index contributed by atoms with van der Waals surface area (Å²) < 4.78 is 10.6. The van der Waals surface area contributed by atoms with E-state index in [1.54, 1.807) is 0 Å². The molecule has 1 rings (SSSR count). The maximum atomic E-state index is 9.74. The number of unbranched alkanes of at least 4 members (excludes halogenated alkanes) is 4. The molecule has 20 heavy (non-hydrogen) atoms. The van der Waals surface area contributed by atoms with Crippen LogP contribution in [0.2, 0.25) is 0 Å².